The fourth-order valence-corrected chi connectivity index (χ4v) is 1.88. The maximum Gasteiger partial charge on any atom is 0.0461 e. The number of pyridine rings is 1. The maximum absolute atomic E-state index is 5.59. The van der Waals surface area contributed by atoms with E-state index in [4.69, 9.17) is 5.84 Å². The zero-order valence-corrected chi connectivity index (χ0v) is 10.2. The molecule has 88 valence electrons. The van der Waals surface area contributed by atoms with E-state index in [1.807, 2.05) is 19.9 Å². The summed E-state index contributed by atoms with van der Waals surface area (Å²) in [5.41, 5.74) is 6.17. The molecule has 0 bridgehead atoms. The van der Waals surface area contributed by atoms with Crippen molar-refractivity contribution < 1.29 is 0 Å². The summed E-state index contributed by atoms with van der Waals surface area (Å²) in [5, 5.41) is 0. The van der Waals surface area contributed by atoms with E-state index in [0.717, 1.165) is 30.7 Å². The van der Waals surface area contributed by atoms with E-state index < -0.39 is 0 Å². The lowest BCUT2D eigenvalue weighted by Crippen LogP contribution is -2.28. The van der Waals surface area contributed by atoms with E-state index >= 15 is 0 Å². The Morgan fingerprint density at radius 2 is 2.06 bits per heavy atom. The van der Waals surface area contributed by atoms with Crippen LogP contribution >= 0.6 is 0 Å². The molecule has 0 aliphatic heterocycles. The summed E-state index contributed by atoms with van der Waals surface area (Å²) < 4.78 is 0. The van der Waals surface area contributed by atoms with Crippen molar-refractivity contribution in [1.82, 2.24) is 10.4 Å². The maximum atomic E-state index is 5.59. The van der Waals surface area contributed by atoms with Gasteiger partial charge < -0.3 is 0 Å². The van der Waals surface area contributed by atoms with Crippen LogP contribution in [0.5, 0.6) is 0 Å². The standard InChI is InChI=1S/C13H21N3/c1-4-5-6-7-13(16-14)12-8-10(2)15-11(3)9-12/h4,8-9,13,16H,1,5-7,14H2,2-3H3. The van der Waals surface area contributed by atoms with Crippen LogP contribution in [0.4, 0.5) is 0 Å². The highest BCUT2D eigenvalue weighted by atomic mass is 15.2. The molecule has 0 fully saturated rings. The largest absolute Gasteiger partial charge is 0.271 e. The molecule has 0 aliphatic carbocycles. The predicted molar refractivity (Wildman–Crippen MR) is 67.8 cm³/mol. The average molecular weight is 219 g/mol. The minimum absolute atomic E-state index is 0.209. The van der Waals surface area contributed by atoms with Crippen LogP contribution in [-0.4, -0.2) is 4.98 Å². The number of nitrogens with two attached hydrogens (primary N) is 1. The molecule has 16 heavy (non-hydrogen) atoms. The SMILES string of the molecule is C=CCCCC(NN)c1cc(C)nc(C)c1. The van der Waals surface area contributed by atoms with Gasteiger partial charge in [-0.3, -0.25) is 16.3 Å². The lowest BCUT2D eigenvalue weighted by atomic mass is 10.0. The zero-order valence-electron chi connectivity index (χ0n) is 10.2. The summed E-state index contributed by atoms with van der Waals surface area (Å²) in [6.07, 6.45) is 5.09. The third-order valence-electron chi connectivity index (χ3n) is 2.61. The normalized spacial score (nSPS) is 12.4. The second-order valence-electron chi connectivity index (χ2n) is 4.12. The third kappa shape index (κ3) is 3.76. The summed E-state index contributed by atoms with van der Waals surface area (Å²) in [5.74, 6) is 5.59. The molecule has 3 heteroatoms. The van der Waals surface area contributed by atoms with Crippen LogP contribution < -0.4 is 11.3 Å². The fourth-order valence-electron chi connectivity index (χ4n) is 1.88. The molecule has 0 radical (unpaired) electrons. The van der Waals surface area contributed by atoms with Crippen molar-refractivity contribution in [2.75, 3.05) is 0 Å². The Balaban J connectivity index is 2.73. The fraction of sp³-hybridized carbons (Fsp3) is 0.462. The first-order chi connectivity index (χ1) is 7.67. The predicted octanol–water partition coefficient (Wildman–Crippen LogP) is 2.56. The Labute approximate surface area is 97.7 Å². The van der Waals surface area contributed by atoms with E-state index in [1.165, 1.54) is 5.56 Å². The lowest BCUT2D eigenvalue weighted by molar-refractivity contribution is 0.500. The molecule has 0 aliphatic rings. The third-order valence-corrected chi connectivity index (χ3v) is 2.61. The molecule has 0 amide bonds. The Bertz CT molecular complexity index is 327. The van der Waals surface area contributed by atoms with Crippen LogP contribution in [0.2, 0.25) is 0 Å². The number of rotatable bonds is 6. The van der Waals surface area contributed by atoms with Crippen molar-refractivity contribution in [2.24, 2.45) is 5.84 Å². The Morgan fingerprint density at radius 3 is 2.56 bits per heavy atom. The molecule has 3 nitrogen and oxygen atoms in total. The quantitative estimate of drug-likeness (QED) is 0.334. The van der Waals surface area contributed by atoms with Gasteiger partial charge in [0, 0.05) is 17.4 Å². The molecule has 3 N–H and O–H groups in total. The first kappa shape index (κ1) is 12.9. The molecule has 1 rings (SSSR count). The van der Waals surface area contributed by atoms with Crippen LogP contribution in [0.15, 0.2) is 24.8 Å². The molecule has 1 heterocycles. The van der Waals surface area contributed by atoms with Crippen LogP contribution in [0.25, 0.3) is 0 Å². The molecule has 0 saturated heterocycles. The minimum atomic E-state index is 0.209. The molecule has 1 unspecified atom stereocenters. The molecule has 1 atom stereocenters. The zero-order chi connectivity index (χ0) is 12.0. The van der Waals surface area contributed by atoms with E-state index in [2.05, 4.69) is 29.1 Å². The van der Waals surface area contributed by atoms with Crippen molar-refractivity contribution in [3.8, 4) is 0 Å². The second kappa shape index (κ2) is 6.40. The van der Waals surface area contributed by atoms with Gasteiger partial charge in [0.2, 0.25) is 0 Å². The first-order valence-corrected chi connectivity index (χ1v) is 5.69. The number of aromatic nitrogens is 1. The van der Waals surface area contributed by atoms with Crippen LogP contribution in [0, 0.1) is 13.8 Å². The summed E-state index contributed by atoms with van der Waals surface area (Å²) in [4.78, 5) is 4.36. The molecule has 1 aromatic heterocycles. The molecule has 0 aromatic carbocycles. The van der Waals surface area contributed by atoms with Crippen molar-refractivity contribution in [1.29, 1.82) is 0 Å². The number of hydrogen-bond donors (Lipinski definition) is 2. The van der Waals surface area contributed by atoms with Gasteiger partial charge in [0.15, 0.2) is 0 Å². The van der Waals surface area contributed by atoms with Crippen molar-refractivity contribution in [3.05, 3.63) is 41.7 Å². The van der Waals surface area contributed by atoms with Crippen molar-refractivity contribution in [2.45, 2.75) is 39.2 Å². The van der Waals surface area contributed by atoms with Gasteiger partial charge in [-0.2, -0.15) is 0 Å². The van der Waals surface area contributed by atoms with Crippen LogP contribution in [-0.2, 0) is 0 Å². The summed E-state index contributed by atoms with van der Waals surface area (Å²) >= 11 is 0. The molecule has 1 aromatic rings. The summed E-state index contributed by atoms with van der Waals surface area (Å²) in [6, 6.07) is 4.39. The van der Waals surface area contributed by atoms with Gasteiger partial charge in [0.1, 0.15) is 0 Å². The highest BCUT2D eigenvalue weighted by molar-refractivity contribution is 5.23. The van der Waals surface area contributed by atoms with Gasteiger partial charge in [-0.1, -0.05) is 6.08 Å². The average Bonchev–Trinajstić information content (AvgIpc) is 2.23. The van der Waals surface area contributed by atoms with Crippen LogP contribution in [0.1, 0.15) is 42.3 Å². The second-order valence-corrected chi connectivity index (χ2v) is 4.12. The van der Waals surface area contributed by atoms with E-state index in [9.17, 15) is 0 Å². The molecular weight excluding hydrogens is 198 g/mol. The Morgan fingerprint density at radius 1 is 1.44 bits per heavy atom. The van der Waals surface area contributed by atoms with E-state index in [0.29, 0.717) is 0 Å². The van der Waals surface area contributed by atoms with Gasteiger partial charge in [-0.25, -0.2) is 0 Å². The lowest BCUT2D eigenvalue weighted by Gasteiger charge is -2.16. The minimum Gasteiger partial charge on any atom is -0.271 e. The molecule has 0 saturated carbocycles. The molecular formula is C13H21N3. The van der Waals surface area contributed by atoms with Gasteiger partial charge in [-0.15, -0.1) is 6.58 Å². The Kier molecular flexibility index (Phi) is 5.15. The van der Waals surface area contributed by atoms with E-state index in [1.54, 1.807) is 0 Å². The number of unbranched alkanes of at least 4 members (excludes halogenated alkanes) is 1. The molecule has 0 spiro atoms. The van der Waals surface area contributed by atoms with Gasteiger partial charge in [-0.05, 0) is 50.8 Å². The van der Waals surface area contributed by atoms with Gasteiger partial charge in [0.05, 0.1) is 0 Å². The van der Waals surface area contributed by atoms with Crippen LogP contribution in [0.3, 0.4) is 0 Å². The number of nitrogens with one attached hydrogen (secondary N) is 1. The highest BCUT2D eigenvalue weighted by Gasteiger charge is 2.10. The number of aryl methyl sites for hydroxylation is 2. The Hall–Kier alpha value is -1.19. The number of hydrazine groups is 1. The first-order valence-electron chi connectivity index (χ1n) is 5.69. The van der Waals surface area contributed by atoms with Crippen molar-refractivity contribution in [3.63, 3.8) is 0 Å². The highest BCUT2D eigenvalue weighted by Crippen LogP contribution is 2.19. The number of allylic oxidation sites excluding steroid dienone is 1. The van der Waals surface area contributed by atoms with Crippen molar-refractivity contribution >= 4 is 0 Å². The number of hydrogen-bond acceptors (Lipinski definition) is 3. The van der Waals surface area contributed by atoms with Gasteiger partial charge >= 0.3 is 0 Å². The van der Waals surface area contributed by atoms with E-state index in [-0.39, 0.29) is 6.04 Å². The topological polar surface area (TPSA) is 50.9 Å². The smallest absolute Gasteiger partial charge is 0.0461 e. The monoisotopic (exact) mass is 219 g/mol. The number of nitrogens with zero attached hydrogens (tertiary/aromatic N) is 1. The van der Waals surface area contributed by atoms with Gasteiger partial charge in [0.25, 0.3) is 0 Å². The summed E-state index contributed by atoms with van der Waals surface area (Å²) in [6.45, 7) is 7.74. The summed E-state index contributed by atoms with van der Waals surface area (Å²) in [7, 11) is 0.